The van der Waals surface area contributed by atoms with E-state index in [9.17, 15) is 18.3 Å². The highest BCUT2D eigenvalue weighted by molar-refractivity contribution is 5.39. The summed E-state index contributed by atoms with van der Waals surface area (Å²) in [6.45, 7) is 7.45. The van der Waals surface area contributed by atoms with E-state index in [1.165, 1.54) is 57.1 Å². The fraction of sp³-hybridized carbons (Fsp3) is 0.733. The number of benzene rings is 1. The number of aliphatic hydroxyl groups is 1. The quantitative estimate of drug-likeness (QED) is 0.413. The maximum Gasteiger partial charge on any atom is 0.416 e. The molecule has 1 nitrogen and oxygen atoms in total. The highest BCUT2D eigenvalue weighted by Crippen LogP contribution is 2.68. The Bertz CT molecular complexity index is 971. The Morgan fingerprint density at radius 1 is 0.912 bits per heavy atom. The lowest BCUT2D eigenvalue weighted by Crippen LogP contribution is -2.55. The van der Waals surface area contributed by atoms with Gasteiger partial charge in [0.2, 0.25) is 0 Å². The Kier molecular flexibility index (Phi) is 5.91. The highest BCUT2D eigenvalue weighted by Gasteiger charge is 2.60. The van der Waals surface area contributed by atoms with E-state index in [2.05, 4.69) is 32.6 Å². The summed E-state index contributed by atoms with van der Waals surface area (Å²) in [4.78, 5) is 0. The van der Waals surface area contributed by atoms with Gasteiger partial charge in [-0.25, -0.2) is 0 Å². The van der Waals surface area contributed by atoms with Gasteiger partial charge in [0.1, 0.15) is 5.60 Å². The predicted octanol–water partition coefficient (Wildman–Crippen LogP) is 7.86. The molecule has 4 saturated carbocycles. The SMILES string of the molecule is CC[C@H]1CC[C@H]2[C@@H]3CC[C@@H]4C[C@@](O)(C#Cc5ccc(C(F)(F)F)cc5)CC[C@]4(C)[C@H]3CC[C@]12C. The van der Waals surface area contributed by atoms with Crippen molar-refractivity contribution < 1.29 is 18.3 Å². The van der Waals surface area contributed by atoms with Crippen molar-refractivity contribution in [2.75, 3.05) is 0 Å². The smallest absolute Gasteiger partial charge is 0.378 e. The van der Waals surface area contributed by atoms with Crippen molar-refractivity contribution in [3.8, 4) is 11.8 Å². The van der Waals surface area contributed by atoms with Crippen LogP contribution in [0.15, 0.2) is 24.3 Å². The standard InChI is InChI=1S/C30H39F3O/c1-4-21-10-12-25-24-11-9-23-19-29(34,16-13-20-5-7-22(8-6-20)30(31,32)33)18-17-28(23,3)26(24)14-15-27(21,25)2/h5-8,21,23-26,34H,4,9-12,14-15,17-19H2,1-3H3/t21-,23+,24-,25-,26-,27+,28-,29+/m0/s1. The molecule has 0 bridgehead atoms. The predicted molar refractivity (Wildman–Crippen MR) is 129 cm³/mol. The molecule has 4 aliphatic rings. The summed E-state index contributed by atoms with van der Waals surface area (Å²) in [5.41, 5.74) is -0.378. The molecule has 4 fully saturated rings. The monoisotopic (exact) mass is 472 g/mol. The van der Waals surface area contributed by atoms with Crippen molar-refractivity contribution in [1.82, 2.24) is 0 Å². The first-order chi connectivity index (χ1) is 16.0. The normalized spacial score (nSPS) is 43.8. The van der Waals surface area contributed by atoms with Crippen LogP contribution in [0.5, 0.6) is 0 Å². The minimum Gasteiger partial charge on any atom is -0.378 e. The number of hydrogen-bond acceptors (Lipinski definition) is 1. The topological polar surface area (TPSA) is 20.2 Å². The zero-order valence-electron chi connectivity index (χ0n) is 20.8. The lowest BCUT2D eigenvalue weighted by Gasteiger charge is -2.61. The molecule has 0 saturated heterocycles. The van der Waals surface area contributed by atoms with Gasteiger partial charge < -0.3 is 5.11 Å². The molecule has 5 rings (SSSR count). The molecule has 8 atom stereocenters. The molecule has 1 aromatic rings. The maximum atomic E-state index is 12.8. The molecule has 34 heavy (non-hydrogen) atoms. The van der Waals surface area contributed by atoms with Crippen LogP contribution in [0, 0.1) is 52.3 Å². The molecule has 1 aromatic carbocycles. The van der Waals surface area contributed by atoms with Crippen molar-refractivity contribution in [3.63, 3.8) is 0 Å². The van der Waals surface area contributed by atoms with Crippen LogP contribution in [0.3, 0.4) is 0 Å². The Morgan fingerprint density at radius 3 is 2.29 bits per heavy atom. The van der Waals surface area contributed by atoms with Gasteiger partial charge in [-0.2, -0.15) is 13.2 Å². The van der Waals surface area contributed by atoms with Crippen LogP contribution >= 0.6 is 0 Å². The van der Waals surface area contributed by atoms with E-state index in [1.54, 1.807) is 0 Å². The third-order valence-corrected chi connectivity index (χ3v) is 11.1. The molecule has 1 N–H and O–H groups in total. The zero-order valence-corrected chi connectivity index (χ0v) is 20.8. The van der Waals surface area contributed by atoms with Gasteiger partial charge in [0.05, 0.1) is 5.56 Å². The molecular formula is C30H39F3O. The van der Waals surface area contributed by atoms with E-state index >= 15 is 0 Å². The van der Waals surface area contributed by atoms with Crippen LogP contribution in [-0.4, -0.2) is 10.7 Å². The van der Waals surface area contributed by atoms with Gasteiger partial charge in [0.25, 0.3) is 0 Å². The van der Waals surface area contributed by atoms with Crippen molar-refractivity contribution in [2.45, 2.75) is 96.8 Å². The Hall–Kier alpha value is -1.47. The Labute approximate surface area is 202 Å². The second-order valence-corrected chi connectivity index (χ2v) is 12.4. The van der Waals surface area contributed by atoms with Crippen LogP contribution in [-0.2, 0) is 6.18 Å². The van der Waals surface area contributed by atoms with Gasteiger partial charge in [-0.05, 0) is 122 Å². The summed E-state index contributed by atoms with van der Waals surface area (Å²) in [5.74, 6) is 9.88. The lowest BCUT2D eigenvalue weighted by atomic mass is 9.44. The first kappa shape index (κ1) is 24.2. The van der Waals surface area contributed by atoms with Crippen molar-refractivity contribution in [2.24, 2.45) is 40.4 Å². The van der Waals surface area contributed by atoms with Crippen LogP contribution in [0.2, 0.25) is 0 Å². The zero-order chi connectivity index (χ0) is 24.4. The van der Waals surface area contributed by atoms with E-state index in [0.717, 1.165) is 42.2 Å². The van der Waals surface area contributed by atoms with Crippen molar-refractivity contribution in [3.05, 3.63) is 35.4 Å². The van der Waals surface area contributed by atoms with Crippen molar-refractivity contribution >= 4 is 0 Å². The van der Waals surface area contributed by atoms with Crippen LogP contribution < -0.4 is 0 Å². The van der Waals surface area contributed by atoms with Gasteiger partial charge in [-0.3, -0.25) is 0 Å². The van der Waals surface area contributed by atoms with Gasteiger partial charge in [-0.15, -0.1) is 0 Å². The van der Waals surface area contributed by atoms with Crippen LogP contribution in [0.25, 0.3) is 0 Å². The lowest BCUT2D eigenvalue weighted by molar-refractivity contribution is -0.138. The maximum absolute atomic E-state index is 12.8. The molecule has 0 heterocycles. The van der Waals surface area contributed by atoms with Crippen LogP contribution in [0.4, 0.5) is 13.2 Å². The first-order valence-corrected chi connectivity index (χ1v) is 13.4. The van der Waals surface area contributed by atoms with E-state index in [0.29, 0.717) is 29.7 Å². The average Bonchev–Trinajstić information content (AvgIpc) is 3.14. The van der Waals surface area contributed by atoms with Gasteiger partial charge in [0.15, 0.2) is 0 Å². The molecule has 4 aliphatic carbocycles. The van der Waals surface area contributed by atoms with E-state index in [-0.39, 0.29) is 5.41 Å². The van der Waals surface area contributed by atoms with E-state index in [1.807, 2.05) is 0 Å². The molecular weight excluding hydrogens is 433 g/mol. The third kappa shape index (κ3) is 3.91. The molecule has 0 aliphatic heterocycles. The third-order valence-electron chi connectivity index (χ3n) is 11.1. The number of halogens is 3. The molecule has 0 amide bonds. The summed E-state index contributed by atoms with van der Waals surface area (Å²) >= 11 is 0. The molecule has 0 unspecified atom stereocenters. The fourth-order valence-corrected chi connectivity index (χ4v) is 9.07. The minimum atomic E-state index is -4.34. The summed E-state index contributed by atoms with van der Waals surface area (Å²) in [6.07, 6.45) is 7.27. The van der Waals surface area contributed by atoms with E-state index in [4.69, 9.17) is 0 Å². The number of alkyl halides is 3. The summed E-state index contributed by atoms with van der Waals surface area (Å²) < 4.78 is 38.5. The molecule has 186 valence electrons. The van der Waals surface area contributed by atoms with Gasteiger partial charge in [0, 0.05) is 5.56 Å². The first-order valence-electron chi connectivity index (χ1n) is 13.4. The largest absolute Gasteiger partial charge is 0.416 e. The molecule has 0 aromatic heterocycles. The van der Waals surface area contributed by atoms with Crippen LogP contribution in [0.1, 0.15) is 96.1 Å². The average molecular weight is 473 g/mol. The minimum absolute atomic E-state index is 0.275. The van der Waals surface area contributed by atoms with Gasteiger partial charge >= 0.3 is 6.18 Å². The summed E-state index contributed by atoms with van der Waals surface area (Å²) in [6, 6.07) is 4.94. The summed E-state index contributed by atoms with van der Waals surface area (Å²) in [5, 5.41) is 11.4. The van der Waals surface area contributed by atoms with Crippen molar-refractivity contribution in [1.29, 1.82) is 0 Å². The molecule has 0 radical (unpaired) electrons. The second-order valence-electron chi connectivity index (χ2n) is 12.4. The fourth-order valence-electron chi connectivity index (χ4n) is 9.07. The highest BCUT2D eigenvalue weighted by atomic mass is 19.4. The Balaban J connectivity index is 1.31. The Morgan fingerprint density at radius 2 is 1.62 bits per heavy atom. The number of hydrogen-bond donors (Lipinski definition) is 1. The van der Waals surface area contributed by atoms with Gasteiger partial charge in [-0.1, -0.05) is 39.0 Å². The second kappa shape index (κ2) is 8.29. The molecule has 0 spiro atoms. The van der Waals surface area contributed by atoms with E-state index < -0.39 is 17.3 Å². The molecule has 4 heteroatoms. The number of rotatable bonds is 1. The summed E-state index contributed by atoms with van der Waals surface area (Å²) in [7, 11) is 0. The number of fused-ring (bicyclic) bond motifs is 5.